The van der Waals surface area contributed by atoms with Gasteiger partial charge in [0.15, 0.2) is 6.10 Å². The third kappa shape index (κ3) is 2.83. The van der Waals surface area contributed by atoms with Gasteiger partial charge in [0.1, 0.15) is 24.1 Å². The number of rotatable bonds is 3. The van der Waals surface area contributed by atoms with E-state index in [4.69, 9.17) is 20.3 Å². The lowest BCUT2D eigenvalue weighted by atomic mass is 9.99. The predicted octanol–water partition coefficient (Wildman–Crippen LogP) is -1.46. The molecule has 1 aliphatic rings. The zero-order chi connectivity index (χ0) is 14.9. The molecule has 1 aromatic carbocycles. The molecule has 0 amide bonds. The van der Waals surface area contributed by atoms with Crippen LogP contribution >= 0.6 is 0 Å². The van der Waals surface area contributed by atoms with Crippen molar-refractivity contribution in [1.82, 2.24) is 0 Å². The molecule has 0 aliphatic carbocycles. The molecule has 0 aromatic heterocycles. The van der Waals surface area contributed by atoms with Crippen molar-refractivity contribution in [3.05, 3.63) is 24.3 Å². The van der Waals surface area contributed by atoms with Crippen molar-refractivity contribution in [2.45, 2.75) is 30.7 Å². The van der Waals surface area contributed by atoms with Crippen LogP contribution in [0, 0.1) is 0 Å². The van der Waals surface area contributed by atoms with E-state index in [1.54, 1.807) is 12.1 Å². The highest BCUT2D eigenvalue weighted by Gasteiger charge is 2.48. The number of aliphatic hydroxyl groups excluding tert-OH is 3. The lowest BCUT2D eigenvalue weighted by Gasteiger charge is -2.38. The number of nitrogens with two attached hydrogens (primary N) is 1. The van der Waals surface area contributed by atoms with Gasteiger partial charge in [-0.15, -0.1) is 0 Å². The van der Waals surface area contributed by atoms with Crippen LogP contribution in [0.25, 0.3) is 0 Å². The van der Waals surface area contributed by atoms with Crippen molar-refractivity contribution in [1.29, 1.82) is 0 Å². The van der Waals surface area contributed by atoms with Crippen molar-refractivity contribution in [3.8, 4) is 5.75 Å². The van der Waals surface area contributed by atoms with Gasteiger partial charge < -0.3 is 35.6 Å². The SMILES string of the molecule is Nc1cccc(O[C@@H]2O[C@H](C(=O)O)[C@@H](O)[C@H](O)[C@H]2O)c1. The van der Waals surface area contributed by atoms with E-state index in [2.05, 4.69) is 0 Å². The molecule has 0 unspecified atom stereocenters. The fraction of sp³-hybridized carbons (Fsp3) is 0.417. The molecular weight excluding hydrogens is 270 g/mol. The summed E-state index contributed by atoms with van der Waals surface area (Å²) in [4.78, 5) is 10.9. The zero-order valence-electron chi connectivity index (χ0n) is 10.3. The van der Waals surface area contributed by atoms with Crippen molar-refractivity contribution < 1.29 is 34.7 Å². The highest BCUT2D eigenvalue weighted by Crippen LogP contribution is 2.25. The molecular formula is C12H15NO7. The van der Waals surface area contributed by atoms with E-state index in [0.717, 1.165) is 0 Å². The Kier molecular flexibility index (Phi) is 4.09. The molecule has 1 heterocycles. The fourth-order valence-electron chi connectivity index (χ4n) is 1.87. The quantitative estimate of drug-likeness (QED) is 0.424. The van der Waals surface area contributed by atoms with E-state index in [1.807, 2.05) is 0 Å². The number of hydrogen-bond donors (Lipinski definition) is 5. The maximum absolute atomic E-state index is 10.9. The second-order valence-electron chi connectivity index (χ2n) is 4.43. The third-order valence-corrected chi connectivity index (χ3v) is 2.92. The Labute approximate surface area is 114 Å². The molecule has 5 atom stereocenters. The van der Waals surface area contributed by atoms with Gasteiger partial charge >= 0.3 is 5.97 Å². The molecule has 0 spiro atoms. The van der Waals surface area contributed by atoms with Crippen LogP contribution in [0.3, 0.4) is 0 Å². The molecule has 1 aromatic rings. The highest BCUT2D eigenvalue weighted by atomic mass is 16.7. The summed E-state index contributed by atoms with van der Waals surface area (Å²) in [5, 5.41) is 37.8. The maximum atomic E-state index is 10.9. The summed E-state index contributed by atoms with van der Waals surface area (Å²) in [6, 6.07) is 6.19. The minimum atomic E-state index is -1.75. The minimum Gasteiger partial charge on any atom is -0.479 e. The van der Waals surface area contributed by atoms with E-state index >= 15 is 0 Å². The average Bonchev–Trinajstić information content (AvgIpc) is 2.39. The number of anilines is 1. The van der Waals surface area contributed by atoms with E-state index in [1.165, 1.54) is 12.1 Å². The highest BCUT2D eigenvalue weighted by molar-refractivity contribution is 5.73. The van der Waals surface area contributed by atoms with Gasteiger partial charge in [0.25, 0.3) is 0 Å². The lowest BCUT2D eigenvalue weighted by Crippen LogP contribution is -2.61. The molecule has 6 N–H and O–H groups in total. The van der Waals surface area contributed by atoms with Crippen LogP contribution in [0.15, 0.2) is 24.3 Å². The third-order valence-electron chi connectivity index (χ3n) is 2.92. The summed E-state index contributed by atoms with van der Waals surface area (Å²) in [6.07, 6.45) is -8.17. The normalized spacial score (nSPS) is 33.6. The van der Waals surface area contributed by atoms with E-state index in [9.17, 15) is 20.1 Å². The number of aliphatic carboxylic acids is 1. The first-order valence-electron chi connectivity index (χ1n) is 5.85. The first-order chi connectivity index (χ1) is 9.40. The Morgan fingerprint density at radius 3 is 2.50 bits per heavy atom. The largest absolute Gasteiger partial charge is 0.479 e. The Hall–Kier alpha value is -1.87. The maximum Gasteiger partial charge on any atom is 0.335 e. The summed E-state index contributed by atoms with van der Waals surface area (Å²) in [6.45, 7) is 0. The van der Waals surface area contributed by atoms with Crippen LogP contribution in [-0.4, -0.2) is 57.1 Å². The molecule has 8 nitrogen and oxygen atoms in total. The molecule has 8 heteroatoms. The Morgan fingerprint density at radius 2 is 1.90 bits per heavy atom. The molecule has 0 radical (unpaired) electrons. The van der Waals surface area contributed by atoms with Gasteiger partial charge in [0.2, 0.25) is 6.29 Å². The second kappa shape index (κ2) is 5.63. The summed E-state index contributed by atoms with van der Waals surface area (Å²) in [7, 11) is 0. The van der Waals surface area contributed by atoms with Crippen molar-refractivity contribution >= 4 is 11.7 Å². The van der Waals surface area contributed by atoms with Gasteiger partial charge in [-0.2, -0.15) is 0 Å². The number of benzene rings is 1. The number of carboxylic acids is 1. The van der Waals surface area contributed by atoms with Crippen LogP contribution < -0.4 is 10.5 Å². The van der Waals surface area contributed by atoms with Crippen molar-refractivity contribution in [2.24, 2.45) is 0 Å². The van der Waals surface area contributed by atoms with Gasteiger partial charge in [0, 0.05) is 11.8 Å². The molecule has 0 saturated carbocycles. The Bertz CT molecular complexity index is 494. The monoisotopic (exact) mass is 285 g/mol. The second-order valence-corrected chi connectivity index (χ2v) is 4.43. The molecule has 2 rings (SSSR count). The van der Waals surface area contributed by atoms with Gasteiger partial charge in [-0.3, -0.25) is 0 Å². The topological polar surface area (TPSA) is 142 Å². The van der Waals surface area contributed by atoms with Crippen LogP contribution in [0.2, 0.25) is 0 Å². The lowest BCUT2D eigenvalue weighted by molar-refractivity contribution is -0.271. The average molecular weight is 285 g/mol. The number of carbonyl (C=O) groups is 1. The number of aliphatic hydroxyl groups is 3. The molecule has 1 aliphatic heterocycles. The summed E-state index contributed by atoms with van der Waals surface area (Å²) < 4.78 is 10.2. The Balaban J connectivity index is 2.16. The van der Waals surface area contributed by atoms with Gasteiger partial charge in [-0.1, -0.05) is 6.07 Å². The zero-order valence-corrected chi connectivity index (χ0v) is 10.3. The molecule has 20 heavy (non-hydrogen) atoms. The molecule has 110 valence electrons. The summed E-state index contributed by atoms with van der Waals surface area (Å²) in [5.74, 6) is -1.23. The standard InChI is InChI=1S/C12H15NO7/c13-5-2-1-3-6(4-5)19-12-9(16)7(14)8(15)10(20-12)11(17)18/h1-4,7-10,12,14-16H,13H2,(H,17,18)/t7-,8-,9+,10-,12+/m0/s1. The number of hydrogen-bond acceptors (Lipinski definition) is 7. The number of nitrogen functional groups attached to an aromatic ring is 1. The van der Waals surface area contributed by atoms with Gasteiger partial charge in [-0.25, -0.2) is 4.79 Å². The van der Waals surface area contributed by atoms with E-state index < -0.39 is 36.7 Å². The van der Waals surface area contributed by atoms with Crippen LogP contribution in [0.4, 0.5) is 5.69 Å². The molecule has 1 fully saturated rings. The van der Waals surface area contributed by atoms with Crippen LogP contribution in [0.5, 0.6) is 5.75 Å². The van der Waals surface area contributed by atoms with Gasteiger partial charge in [-0.05, 0) is 12.1 Å². The molecule has 0 bridgehead atoms. The molecule has 1 saturated heterocycles. The van der Waals surface area contributed by atoms with Gasteiger partial charge in [0.05, 0.1) is 0 Å². The first-order valence-corrected chi connectivity index (χ1v) is 5.85. The predicted molar refractivity (Wildman–Crippen MR) is 65.8 cm³/mol. The van der Waals surface area contributed by atoms with Crippen LogP contribution in [-0.2, 0) is 9.53 Å². The Morgan fingerprint density at radius 1 is 1.20 bits per heavy atom. The van der Waals surface area contributed by atoms with Crippen molar-refractivity contribution in [2.75, 3.05) is 5.73 Å². The number of carboxylic acid groups (broad SMARTS) is 1. The van der Waals surface area contributed by atoms with Crippen molar-refractivity contribution in [3.63, 3.8) is 0 Å². The summed E-state index contributed by atoms with van der Waals surface area (Å²) in [5.41, 5.74) is 5.96. The minimum absolute atomic E-state index is 0.238. The van der Waals surface area contributed by atoms with Crippen LogP contribution in [0.1, 0.15) is 0 Å². The fourth-order valence-corrected chi connectivity index (χ4v) is 1.87. The summed E-state index contributed by atoms with van der Waals surface area (Å²) >= 11 is 0. The van der Waals surface area contributed by atoms with E-state index in [0.29, 0.717) is 5.69 Å². The number of ether oxygens (including phenoxy) is 2. The first kappa shape index (κ1) is 14.5. The van der Waals surface area contributed by atoms with E-state index in [-0.39, 0.29) is 5.75 Å². The smallest absolute Gasteiger partial charge is 0.335 e.